The molecule has 0 saturated heterocycles. The summed E-state index contributed by atoms with van der Waals surface area (Å²) in [5.41, 5.74) is 1.25. The predicted molar refractivity (Wildman–Crippen MR) is 84.3 cm³/mol. The van der Waals surface area contributed by atoms with Gasteiger partial charge in [0.1, 0.15) is 0 Å². The maximum atomic E-state index is 10.5. The van der Waals surface area contributed by atoms with Crippen LogP contribution >= 0.6 is 0 Å². The van der Waals surface area contributed by atoms with Gasteiger partial charge in [0.2, 0.25) is 0 Å². The zero-order chi connectivity index (χ0) is 14.6. The average molecular weight is 277 g/mol. The highest BCUT2D eigenvalue weighted by Gasteiger charge is 2.06. The lowest BCUT2D eigenvalue weighted by molar-refractivity contribution is -0.137. The topological polar surface area (TPSA) is 40.5 Å². The highest BCUT2D eigenvalue weighted by molar-refractivity contribution is 5.66. The number of hydrogen-bond donors (Lipinski definition) is 1. The molecule has 0 spiro atoms. The van der Waals surface area contributed by atoms with E-state index < -0.39 is 5.97 Å². The lowest BCUT2D eigenvalue weighted by atomic mass is 10.1. The van der Waals surface area contributed by atoms with Gasteiger partial charge in [-0.05, 0) is 31.4 Å². The summed E-state index contributed by atoms with van der Waals surface area (Å²) in [6.45, 7) is 4.24. The Balaban J connectivity index is 2.40. The van der Waals surface area contributed by atoms with Crippen molar-refractivity contribution in [2.45, 2.75) is 51.9 Å². The summed E-state index contributed by atoms with van der Waals surface area (Å²) >= 11 is 0. The molecule has 0 bridgehead atoms. The van der Waals surface area contributed by atoms with Crippen molar-refractivity contribution in [3.05, 3.63) is 30.3 Å². The van der Waals surface area contributed by atoms with Crippen molar-refractivity contribution in [2.75, 3.05) is 18.0 Å². The van der Waals surface area contributed by atoms with Crippen molar-refractivity contribution in [3.8, 4) is 0 Å². The van der Waals surface area contributed by atoms with Gasteiger partial charge in [-0.25, -0.2) is 0 Å². The molecule has 0 atom stereocenters. The SMILES string of the molecule is CCCCCCN(CCCCC(=O)O)c1ccccc1. The fraction of sp³-hybridized carbons (Fsp3) is 0.588. The summed E-state index contributed by atoms with van der Waals surface area (Å²) in [7, 11) is 0. The molecule has 0 aliphatic heterocycles. The molecular weight excluding hydrogens is 250 g/mol. The van der Waals surface area contributed by atoms with Crippen LogP contribution in [-0.2, 0) is 4.79 Å². The third-order valence-electron chi connectivity index (χ3n) is 3.47. The van der Waals surface area contributed by atoms with E-state index in [1.54, 1.807) is 0 Å². The van der Waals surface area contributed by atoms with Gasteiger partial charge >= 0.3 is 5.97 Å². The number of carboxylic acids is 1. The van der Waals surface area contributed by atoms with E-state index in [0.717, 1.165) is 25.9 Å². The molecule has 1 N–H and O–H groups in total. The maximum Gasteiger partial charge on any atom is 0.303 e. The van der Waals surface area contributed by atoms with Crippen LogP contribution in [0.15, 0.2) is 30.3 Å². The molecule has 0 unspecified atom stereocenters. The Morgan fingerprint density at radius 3 is 2.25 bits per heavy atom. The van der Waals surface area contributed by atoms with Crippen LogP contribution in [0.1, 0.15) is 51.9 Å². The van der Waals surface area contributed by atoms with Crippen molar-refractivity contribution in [3.63, 3.8) is 0 Å². The summed E-state index contributed by atoms with van der Waals surface area (Å²) in [5, 5.41) is 8.68. The lowest BCUT2D eigenvalue weighted by Gasteiger charge is -2.25. The summed E-state index contributed by atoms with van der Waals surface area (Å²) in [4.78, 5) is 12.9. The molecule has 0 saturated carbocycles. The summed E-state index contributed by atoms with van der Waals surface area (Å²) in [6.07, 6.45) is 7.00. The molecule has 0 aliphatic rings. The van der Waals surface area contributed by atoms with Gasteiger partial charge < -0.3 is 10.0 Å². The van der Waals surface area contributed by atoms with E-state index in [1.807, 2.05) is 6.07 Å². The van der Waals surface area contributed by atoms with Gasteiger partial charge in [-0.1, -0.05) is 44.4 Å². The van der Waals surface area contributed by atoms with Crippen LogP contribution in [0.3, 0.4) is 0 Å². The number of aliphatic carboxylic acids is 1. The number of rotatable bonds is 11. The van der Waals surface area contributed by atoms with Crippen LogP contribution in [-0.4, -0.2) is 24.2 Å². The second-order valence-electron chi connectivity index (χ2n) is 5.23. The summed E-state index contributed by atoms with van der Waals surface area (Å²) in [6, 6.07) is 10.4. The number of benzene rings is 1. The van der Waals surface area contributed by atoms with Crippen molar-refractivity contribution in [1.82, 2.24) is 0 Å². The zero-order valence-electron chi connectivity index (χ0n) is 12.6. The fourth-order valence-corrected chi connectivity index (χ4v) is 2.32. The van der Waals surface area contributed by atoms with E-state index in [-0.39, 0.29) is 6.42 Å². The number of anilines is 1. The van der Waals surface area contributed by atoms with Crippen molar-refractivity contribution >= 4 is 11.7 Å². The molecule has 0 aromatic heterocycles. The zero-order valence-corrected chi connectivity index (χ0v) is 12.6. The lowest BCUT2D eigenvalue weighted by Crippen LogP contribution is -2.25. The van der Waals surface area contributed by atoms with E-state index in [0.29, 0.717) is 0 Å². The fourth-order valence-electron chi connectivity index (χ4n) is 2.32. The number of hydrogen-bond acceptors (Lipinski definition) is 2. The van der Waals surface area contributed by atoms with Gasteiger partial charge in [-0.3, -0.25) is 4.79 Å². The second kappa shape index (κ2) is 10.3. The van der Waals surface area contributed by atoms with E-state index in [9.17, 15) is 4.79 Å². The molecule has 0 aliphatic carbocycles. The largest absolute Gasteiger partial charge is 0.481 e. The van der Waals surface area contributed by atoms with Crippen LogP contribution in [0.25, 0.3) is 0 Å². The first-order chi connectivity index (χ1) is 9.74. The minimum Gasteiger partial charge on any atom is -0.481 e. The monoisotopic (exact) mass is 277 g/mol. The average Bonchev–Trinajstić information content (AvgIpc) is 2.46. The number of nitrogens with zero attached hydrogens (tertiary/aromatic N) is 1. The summed E-state index contributed by atoms with van der Waals surface area (Å²) in [5.74, 6) is -0.695. The Labute approximate surface area is 122 Å². The molecule has 20 heavy (non-hydrogen) atoms. The Bertz CT molecular complexity index is 365. The van der Waals surface area contributed by atoms with Gasteiger partial charge in [0.15, 0.2) is 0 Å². The molecule has 112 valence electrons. The molecular formula is C17H27NO2. The molecule has 0 fully saturated rings. The van der Waals surface area contributed by atoms with Crippen LogP contribution < -0.4 is 4.90 Å². The van der Waals surface area contributed by atoms with Crippen LogP contribution in [0.5, 0.6) is 0 Å². The molecule has 3 nitrogen and oxygen atoms in total. The van der Waals surface area contributed by atoms with Gasteiger partial charge in [0.25, 0.3) is 0 Å². The standard InChI is InChI=1S/C17H27NO2/c1-2-3-4-9-14-18(15-10-8-13-17(19)20)16-11-6-5-7-12-16/h5-7,11-12H,2-4,8-10,13-15H2,1H3,(H,19,20). The molecule has 1 aromatic rings. The van der Waals surface area contributed by atoms with Gasteiger partial charge in [-0.15, -0.1) is 0 Å². The first kappa shape index (κ1) is 16.5. The van der Waals surface area contributed by atoms with E-state index in [4.69, 9.17) is 5.11 Å². The van der Waals surface area contributed by atoms with Crippen LogP contribution in [0, 0.1) is 0 Å². The second-order valence-corrected chi connectivity index (χ2v) is 5.23. The smallest absolute Gasteiger partial charge is 0.303 e. The quantitative estimate of drug-likeness (QED) is 0.612. The summed E-state index contributed by atoms with van der Waals surface area (Å²) < 4.78 is 0. The normalized spacial score (nSPS) is 10.4. The van der Waals surface area contributed by atoms with Gasteiger partial charge in [-0.2, -0.15) is 0 Å². The molecule has 1 aromatic carbocycles. The molecule has 3 heteroatoms. The van der Waals surface area contributed by atoms with Crippen LogP contribution in [0.4, 0.5) is 5.69 Å². The van der Waals surface area contributed by atoms with Crippen molar-refractivity contribution in [1.29, 1.82) is 0 Å². The van der Waals surface area contributed by atoms with Crippen molar-refractivity contribution in [2.24, 2.45) is 0 Å². The Morgan fingerprint density at radius 1 is 1.00 bits per heavy atom. The number of para-hydroxylation sites is 1. The van der Waals surface area contributed by atoms with Gasteiger partial charge in [0, 0.05) is 25.2 Å². The Hall–Kier alpha value is -1.51. The number of carbonyl (C=O) groups is 1. The number of carboxylic acid groups (broad SMARTS) is 1. The van der Waals surface area contributed by atoms with Crippen molar-refractivity contribution < 1.29 is 9.90 Å². The first-order valence-corrected chi connectivity index (χ1v) is 7.76. The Morgan fingerprint density at radius 2 is 1.65 bits per heavy atom. The van der Waals surface area contributed by atoms with E-state index in [1.165, 1.54) is 31.4 Å². The van der Waals surface area contributed by atoms with E-state index in [2.05, 4.69) is 36.1 Å². The molecule has 1 rings (SSSR count). The third kappa shape index (κ3) is 7.17. The maximum absolute atomic E-state index is 10.5. The molecule has 0 radical (unpaired) electrons. The number of unbranched alkanes of at least 4 members (excludes halogenated alkanes) is 4. The minimum absolute atomic E-state index is 0.276. The molecule has 0 heterocycles. The Kier molecular flexibility index (Phi) is 8.52. The predicted octanol–water partition coefficient (Wildman–Crippen LogP) is 4.33. The molecule has 0 amide bonds. The minimum atomic E-state index is -0.695. The van der Waals surface area contributed by atoms with Crippen LogP contribution in [0.2, 0.25) is 0 Å². The first-order valence-electron chi connectivity index (χ1n) is 7.76. The highest BCUT2D eigenvalue weighted by Crippen LogP contribution is 2.16. The van der Waals surface area contributed by atoms with Gasteiger partial charge in [0.05, 0.1) is 0 Å². The van der Waals surface area contributed by atoms with E-state index >= 15 is 0 Å². The third-order valence-corrected chi connectivity index (χ3v) is 3.47. The highest BCUT2D eigenvalue weighted by atomic mass is 16.4.